The molecule has 1 spiro atoms. The molecule has 3 fully saturated rings. The van der Waals surface area contributed by atoms with Gasteiger partial charge in [0.25, 0.3) is 0 Å². The first-order valence-corrected chi connectivity index (χ1v) is 7.43. The highest BCUT2D eigenvalue weighted by molar-refractivity contribution is 5.71. The Hall–Kier alpha value is -0.770. The van der Waals surface area contributed by atoms with Crippen LogP contribution >= 0.6 is 0 Å². The second-order valence-electron chi connectivity index (χ2n) is 7.89. The molecule has 108 valence electrons. The molecule has 4 heteroatoms. The molecule has 3 rings (SSSR count). The van der Waals surface area contributed by atoms with Gasteiger partial charge in [-0.15, -0.1) is 0 Å². The van der Waals surface area contributed by atoms with Gasteiger partial charge in [0.1, 0.15) is 5.60 Å². The van der Waals surface area contributed by atoms with Gasteiger partial charge in [0.2, 0.25) is 0 Å². The van der Waals surface area contributed by atoms with Gasteiger partial charge in [0.15, 0.2) is 0 Å². The number of carbonyl (C=O) groups excluding carboxylic acids is 1. The maximum Gasteiger partial charge on any atom is 0.410 e. The van der Waals surface area contributed by atoms with Gasteiger partial charge >= 0.3 is 6.09 Å². The molecule has 0 aromatic rings. The lowest BCUT2D eigenvalue weighted by Crippen LogP contribution is -2.70. The third-order valence-electron chi connectivity index (χ3n) is 5.01. The monoisotopic (exact) mass is 266 g/mol. The molecule has 0 N–H and O–H groups in total. The summed E-state index contributed by atoms with van der Waals surface area (Å²) >= 11 is 0. The van der Waals surface area contributed by atoms with Gasteiger partial charge < -0.3 is 9.64 Å². The lowest BCUT2D eigenvalue weighted by Gasteiger charge is -2.57. The average molecular weight is 266 g/mol. The Morgan fingerprint density at radius 1 is 1.32 bits per heavy atom. The summed E-state index contributed by atoms with van der Waals surface area (Å²) in [6, 6.07) is 0.787. The maximum atomic E-state index is 12.4. The van der Waals surface area contributed by atoms with Crippen molar-refractivity contribution < 1.29 is 9.53 Å². The Balaban J connectivity index is 1.80. The Bertz CT molecular complexity index is 377. The number of amides is 1. The van der Waals surface area contributed by atoms with Crippen molar-refractivity contribution in [1.82, 2.24) is 9.80 Å². The molecule has 4 unspecified atom stereocenters. The first-order chi connectivity index (χ1) is 8.73. The first-order valence-electron chi connectivity index (χ1n) is 7.43. The minimum Gasteiger partial charge on any atom is -0.444 e. The number of hydrogen-bond donors (Lipinski definition) is 0. The van der Waals surface area contributed by atoms with Gasteiger partial charge in [0.05, 0.1) is 6.04 Å². The van der Waals surface area contributed by atoms with Crippen molar-refractivity contribution in [3.8, 4) is 0 Å². The number of likely N-dealkylation sites (N-methyl/N-ethyl adjacent to an activating group) is 1. The van der Waals surface area contributed by atoms with Crippen LogP contribution in [0.5, 0.6) is 0 Å². The number of likely N-dealkylation sites (tertiary alicyclic amines) is 2. The zero-order chi connectivity index (χ0) is 14.0. The molecule has 0 radical (unpaired) electrons. The fourth-order valence-corrected chi connectivity index (χ4v) is 4.62. The third-order valence-corrected chi connectivity index (χ3v) is 5.01. The van der Waals surface area contributed by atoms with Crippen LogP contribution < -0.4 is 0 Å². The molecular weight excluding hydrogens is 240 g/mol. The Morgan fingerprint density at radius 2 is 2.00 bits per heavy atom. The Kier molecular flexibility index (Phi) is 2.70. The highest BCUT2D eigenvalue weighted by atomic mass is 16.6. The van der Waals surface area contributed by atoms with E-state index in [1.54, 1.807) is 0 Å². The second-order valence-corrected chi connectivity index (χ2v) is 7.89. The molecule has 2 aliphatic heterocycles. The molecule has 2 saturated heterocycles. The molecule has 1 amide bonds. The van der Waals surface area contributed by atoms with E-state index in [9.17, 15) is 4.79 Å². The Morgan fingerprint density at radius 3 is 2.63 bits per heavy atom. The van der Waals surface area contributed by atoms with Crippen LogP contribution in [0.2, 0.25) is 0 Å². The smallest absolute Gasteiger partial charge is 0.410 e. The highest BCUT2D eigenvalue weighted by Gasteiger charge is 2.69. The van der Waals surface area contributed by atoms with E-state index in [1.807, 2.05) is 25.7 Å². The second kappa shape index (κ2) is 3.87. The van der Waals surface area contributed by atoms with Crippen molar-refractivity contribution >= 4 is 6.09 Å². The lowest BCUT2D eigenvalue weighted by molar-refractivity contribution is -0.0899. The van der Waals surface area contributed by atoms with Gasteiger partial charge in [-0.3, -0.25) is 4.90 Å². The van der Waals surface area contributed by atoms with Crippen LogP contribution in [0, 0.1) is 11.3 Å². The number of carbonyl (C=O) groups is 1. The number of hydrogen-bond acceptors (Lipinski definition) is 3. The van der Waals surface area contributed by atoms with Gasteiger partial charge in [-0.1, -0.05) is 6.92 Å². The molecule has 0 bridgehead atoms. The van der Waals surface area contributed by atoms with Crippen LogP contribution in [0.15, 0.2) is 0 Å². The fraction of sp³-hybridized carbons (Fsp3) is 0.933. The molecule has 3 aliphatic rings. The quantitative estimate of drug-likeness (QED) is 0.674. The lowest BCUT2D eigenvalue weighted by atomic mass is 9.68. The van der Waals surface area contributed by atoms with Crippen molar-refractivity contribution in [1.29, 1.82) is 0 Å². The maximum absolute atomic E-state index is 12.4. The van der Waals surface area contributed by atoms with E-state index in [0.717, 1.165) is 25.4 Å². The zero-order valence-electron chi connectivity index (χ0n) is 12.8. The van der Waals surface area contributed by atoms with Gasteiger partial charge in [0, 0.05) is 24.5 Å². The van der Waals surface area contributed by atoms with E-state index in [1.165, 1.54) is 6.42 Å². The predicted octanol–water partition coefficient (Wildman–Crippen LogP) is 2.34. The van der Waals surface area contributed by atoms with Crippen LogP contribution in [0.4, 0.5) is 4.79 Å². The van der Waals surface area contributed by atoms with E-state index < -0.39 is 5.60 Å². The SMILES string of the molecule is CC1CC2N(C(=O)OC(C)(C)C)C3CN(C)CC23C1. The van der Waals surface area contributed by atoms with Gasteiger partial charge in [-0.2, -0.15) is 0 Å². The topological polar surface area (TPSA) is 32.8 Å². The molecule has 4 atom stereocenters. The van der Waals surface area contributed by atoms with Crippen LogP contribution in [0.1, 0.15) is 40.5 Å². The molecule has 4 nitrogen and oxygen atoms in total. The summed E-state index contributed by atoms with van der Waals surface area (Å²) in [4.78, 5) is 16.8. The number of nitrogens with zero attached hydrogens (tertiary/aromatic N) is 2. The van der Waals surface area contributed by atoms with Gasteiger partial charge in [-0.25, -0.2) is 4.79 Å². The zero-order valence-corrected chi connectivity index (χ0v) is 12.8. The van der Waals surface area contributed by atoms with E-state index >= 15 is 0 Å². The summed E-state index contributed by atoms with van der Waals surface area (Å²) < 4.78 is 5.59. The van der Waals surface area contributed by atoms with Crippen molar-refractivity contribution in [2.45, 2.75) is 58.2 Å². The minimum atomic E-state index is -0.399. The van der Waals surface area contributed by atoms with Crippen molar-refractivity contribution in [3.05, 3.63) is 0 Å². The van der Waals surface area contributed by atoms with Crippen LogP contribution in [-0.2, 0) is 4.74 Å². The largest absolute Gasteiger partial charge is 0.444 e. The number of ether oxygens (including phenoxy) is 1. The normalized spacial score (nSPS) is 41.7. The molecule has 1 aliphatic carbocycles. The summed E-state index contributed by atoms with van der Waals surface area (Å²) in [7, 11) is 2.17. The summed E-state index contributed by atoms with van der Waals surface area (Å²) in [5.74, 6) is 0.728. The van der Waals surface area contributed by atoms with Crippen molar-refractivity contribution in [3.63, 3.8) is 0 Å². The minimum absolute atomic E-state index is 0.109. The average Bonchev–Trinajstić information content (AvgIpc) is 2.62. The molecular formula is C15H26N2O2. The fourth-order valence-electron chi connectivity index (χ4n) is 4.62. The van der Waals surface area contributed by atoms with Crippen molar-refractivity contribution in [2.24, 2.45) is 11.3 Å². The summed E-state index contributed by atoms with van der Waals surface area (Å²) in [5.41, 5.74) is -0.0326. The standard InChI is InChI=1S/C15H26N2O2/c1-10-6-11-15(7-10)9-16(5)8-12(15)17(11)13(18)19-14(2,3)4/h10-12H,6-9H2,1-5H3. The summed E-state index contributed by atoms with van der Waals surface area (Å²) in [6.07, 6.45) is 2.30. The predicted molar refractivity (Wildman–Crippen MR) is 74.0 cm³/mol. The summed E-state index contributed by atoms with van der Waals surface area (Å²) in [5, 5.41) is 0. The van der Waals surface area contributed by atoms with Crippen LogP contribution in [0.3, 0.4) is 0 Å². The molecule has 19 heavy (non-hydrogen) atoms. The van der Waals surface area contributed by atoms with Crippen molar-refractivity contribution in [2.75, 3.05) is 20.1 Å². The summed E-state index contributed by atoms with van der Waals surface area (Å²) in [6.45, 7) is 10.3. The highest BCUT2D eigenvalue weighted by Crippen LogP contribution is 2.59. The van der Waals surface area contributed by atoms with Gasteiger partial charge in [-0.05, 0) is 46.6 Å². The van der Waals surface area contributed by atoms with E-state index in [-0.39, 0.29) is 6.09 Å². The molecule has 2 heterocycles. The van der Waals surface area contributed by atoms with E-state index in [2.05, 4.69) is 18.9 Å². The molecule has 0 aromatic carbocycles. The molecule has 1 saturated carbocycles. The number of rotatable bonds is 0. The van der Waals surface area contributed by atoms with E-state index in [4.69, 9.17) is 4.74 Å². The van der Waals surface area contributed by atoms with Crippen LogP contribution in [0.25, 0.3) is 0 Å². The Labute approximate surface area is 116 Å². The van der Waals surface area contributed by atoms with E-state index in [0.29, 0.717) is 17.5 Å². The van der Waals surface area contributed by atoms with Crippen LogP contribution in [-0.4, -0.2) is 53.7 Å². The third kappa shape index (κ3) is 1.87. The molecule has 0 aromatic heterocycles. The first kappa shape index (κ1) is 13.2.